The monoisotopic (exact) mass is 620 g/mol. The summed E-state index contributed by atoms with van der Waals surface area (Å²) in [4.78, 5) is 36.0. The molecule has 43 heavy (non-hydrogen) atoms. The summed E-state index contributed by atoms with van der Waals surface area (Å²) in [6, 6.07) is 0. The molecule has 0 unspecified atom stereocenters. The number of carbonyl (C=O) groups excluding carboxylic acids is 3. The second-order valence-corrected chi connectivity index (χ2v) is 10.8. The second kappa shape index (κ2) is 32.1. The van der Waals surface area contributed by atoms with Gasteiger partial charge in [0.15, 0.2) is 0 Å². The number of carbonyl (C=O) groups is 3. The summed E-state index contributed by atoms with van der Waals surface area (Å²) >= 11 is 1.63. The number of ether oxygens (including phenoxy) is 1. The van der Waals surface area contributed by atoms with E-state index in [1.165, 1.54) is 0 Å². The predicted octanol–water partition coefficient (Wildman–Crippen LogP) is 7.25. The summed E-state index contributed by atoms with van der Waals surface area (Å²) < 4.78 is 5.28. The van der Waals surface area contributed by atoms with Crippen LogP contribution in [0.2, 0.25) is 0 Å². The SMILES string of the molecule is C.CC.CC/C=C\C/C=C\C/C=C\C/C=C\CC=C=CCCC(=O)OCC(C)(C)[C@@H](O)C(=O)NCCC(=O)NCCSC. The minimum Gasteiger partial charge on any atom is -0.465 e. The molecule has 0 bridgehead atoms. The third-order valence-corrected chi connectivity index (χ3v) is 6.19. The predicted molar refractivity (Wildman–Crippen MR) is 185 cm³/mol. The van der Waals surface area contributed by atoms with Gasteiger partial charge in [0.25, 0.3) is 0 Å². The summed E-state index contributed by atoms with van der Waals surface area (Å²) in [5.41, 5.74) is 2.09. The van der Waals surface area contributed by atoms with Crippen LogP contribution in [-0.2, 0) is 19.1 Å². The van der Waals surface area contributed by atoms with Crippen molar-refractivity contribution < 1.29 is 24.2 Å². The Balaban J connectivity index is -0.00000521. The summed E-state index contributed by atoms with van der Waals surface area (Å²) in [5.74, 6) is -0.335. The molecule has 0 aromatic rings. The van der Waals surface area contributed by atoms with E-state index < -0.39 is 23.4 Å². The van der Waals surface area contributed by atoms with Crippen LogP contribution in [0.1, 0.15) is 93.4 Å². The lowest BCUT2D eigenvalue weighted by Crippen LogP contribution is -2.47. The smallest absolute Gasteiger partial charge is 0.306 e. The van der Waals surface area contributed by atoms with Crippen LogP contribution < -0.4 is 10.6 Å². The number of aliphatic hydroxyl groups is 1. The van der Waals surface area contributed by atoms with Gasteiger partial charge in [-0.05, 0) is 56.9 Å². The van der Waals surface area contributed by atoms with Crippen LogP contribution >= 0.6 is 11.8 Å². The number of amides is 2. The lowest BCUT2D eigenvalue weighted by molar-refractivity contribution is -0.153. The molecule has 0 saturated carbocycles. The first kappa shape index (κ1) is 44.6. The molecule has 0 heterocycles. The van der Waals surface area contributed by atoms with Gasteiger partial charge in [-0.15, -0.1) is 5.73 Å². The normalized spacial score (nSPS) is 11.9. The Morgan fingerprint density at radius 1 is 0.860 bits per heavy atom. The zero-order valence-corrected chi connectivity index (χ0v) is 27.6. The molecule has 7 nitrogen and oxygen atoms in total. The fraction of sp³-hybridized carbons (Fsp3) is 0.600. The third-order valence-electron chi connectivity index (χ3n) is 5.57. The topological polar surface area (TPSA) is 105 Å². The van der Waals surface area contributed by atoms with E-state index in [2.05, 4.69) is 71.9 Å². The van der Waals surface area contributed by atoms with Gasteiger partial charge in [0.05, 0.1) is 6.61 Å². The van der Waals surface area contributed by atoms with Crippen molar-refractivity contribution in [2.45, 2.75) is 99.5 Å². The molecule has 0 aliphatic carbocycles. The first-order valence-corrected chi connectivity index (χ1v) is 16.5. The van der Waals surface area contributed by atoms with Gasteiger partial charge in [0, 0.05) is 37.1 Å². The van der Waals surface area contributed by atoms with Crippen molar-refractivity contribution in [3.8, 4) is 0 Å². The van der Waals surface area contributed by atoms with Gasteiger partial charge in [0.1, 0.15) is 6.10 Å². The number of hydrogen-bond acceptors (Lipinski definition) is 6. The molecular formula is C35H60N2O5S. The number of aliphatic hydroxyl groups excluding tert-OH is 1. The maximum absolute atomic E-state index is 12.3. The van der Waals surface area contributed by atoms with E-state index in [1.54, 1.807) is 31.7 Å². The summed E-state index contributed by atoms with van der Waals surface area (Å²) in [5, 5.41) is 15.7. The number of allylic oxidation sites excluding steroid dienone is 9. The van der Waals surface area contributed by atoms with Crippen LogP contribution in [0.3, 0.4) is 0 Å². The molecule has 0 rings (SSSR count). The Kier molecular flexibility index (Phi) is 33.3. The Morgan fingerprint density at radius 2 is 1.42 bits per heavy atom. The highest BCUT2D eigenvalue weighted by Gasteiger charge is 2.34. The van der Waals surface area contributed by atoms with Crippen molar-refractivity contribution in [1.29, 1.82) is 0 Å². The molecule has 246 valence electrons. The van der Waals surface area contributed by atoms with Gasteiger partial charge in [-0.1, -0.05) is 90.7 Å². The molecule has 2 amide bonds. The van der Waals surface area contributed by atoms with E-state index in [9.17, 15) is 19.5 Å². The lowest BCUT2D eigenvalue weighted by atomic mass is 9.87. The fourth-order valence-electron chi connectivity index (χ4n) is 3.12. The number of esters is 1. The van der Waals surface area contributed by atoms with E-state index >= 15 is 0 Å². The van der Waals surface area contributed by atoms with E-state index in [1.807, 2.05) is 26.2 Å². The molecule has 0 aromatic carbocycles. The molecule has 0 spiro atoms. The standard InChI is InChI=1S/C32H50N2O5S.C2H6.CH4/c1-5-6-7-8-9-10-11-12-13-14-15-16-17-18-19-20-21-22-29(36)39-27-32(2,3)30(37)31(38)34-24-23-28(35)33-25-26-40-4;1-2;/h6-7,9-10,12-13,15-16,18,20,30,37H,5,8,11,14,17,21-27H2,1-4H3,(H,33,35)(H,34,38);1-2H3;1H4/b7-6-,10-9-,13-12-,16-15-;;/t19?,30-;;/m0../s1. The van der Waals surface area contributed by atoms with E-state index in [-0.39, 0.29) is 39.3 Å². The van der Waals surface area contributed by atoms with Gasteiger partial charge >= 0.3 is 5.97 Å². The third kappa shape index (κ3) is 29.1. The number of nitrogens with one attached hydrogen (secondary N) is 2. The van der Waals surface area contributed by atoms with Crippen molar-refractivity contribution >= 4 is 29.5 Å². The van der Waals surface area contributed by atoms with Crippen LogP contribution in [0.4, 0.5) is 0 Å². The summed E-state index contributed by atoms with van der Waals surface area (Å²) in [6.07, 6.45) is 27.0. The molecule has 0 saturated heterocycles. The van der Waals surface area contributed by atoms with Gasteiger partial charge in [-0.3, -0.25) is 14.4 Å². The van der Waals surface area contributed by atoms with Crippen LogP contribution in [0, 0.1) is 5.41 Å². The quantitative estimate of drug-likeness (QED) is 0.0510. The number of rotatable bonds is 22. The Bertz CT molecular complexity index is 900. The molecule has 0 radical (unpaired) electrons. The van der Waals surface area contributed by atoms with Crippen LogP contribution in [-0.4, -0.2) is 60.7 Å². The average Bonchev–Trinajstić information content (AvgIpc) is 2.98. The number of hydrogen-bond donors (Lipinski definition) is 3. The molecule has 0 aliphatic rings. The summed E-state index contributed by atoms with van der Waals surface area (Å²) in [6.45, 7) is 10.0. The van der Waals surface area contributed by atoms with Gasteiger partial charge in [-0.2, -0.15) is 11.8 Å². The highest BCUT2D eigenvalue weighted by atomic mass is 32.2. The molecule has 3 N–H and O–H groups in total. The second-order valence-electron chi connectivity index (χ2n) is 9.79. The van der Waals surface area contributed by atoms with Crippen LogP contribution in [0.25, 0.3) is 0 Å². The molecule has 1 atom stereocenters. The molecule has 0 aromatic heterocycles. The van der Waals surface area contributed by atoms with Crippen molar-refractivity contribution in [2.24, 2.45) is 5.41 Å². The number of thioether (sulfide) groups is 1. The van der Waals surface area contributed by atoms with Crippen molar-refractivity contribution in [3.05, 3.63) is 66.5 Å². The van der Waals surface area contributed by atoms with Gasteiger partial charge in [0.2, 0.25) is 11.8 Å². The Hall–Kier alpha value is -2.80. The van der Waals surface area contributed by atoms with E-state index in [4.69, 9.17) is 4.74 Å². The maximum Gasteiger partial charge on any atom is 0.306 e. The Labute approximate surface area is 267 Å². The molecule has 8 heteroatoms. The molecule has 0 aliphatic heterocycles. The summed E-state index contributed by atoms with van der Waals surface area (Å²) in [7, 11) is 0. The van der Waals surface area contributed by atoms with E-state index in [0.29, 0.717) is 13.0 Å². The van der Waals surface area contributed by atoms with Crippen molar-refractivity contribution in [1.82, 2.24) is 10.6 Å². The van der Waals surface area contributed by atoms with Crippen molar-refractivity contribution in [3.63, 3.8) is 0 Å². The highest BCUT2D eigenvalue weighted by molar-refractivity contribution is 7.98. The Morgan fingerprint density at radius 3 is 1.98 bits per heavy atom. The first-order valence-electron chi connectivity index (χ1n) is 15.1. The van der Waals surface area contributed by atoms with Gasteiger partial charge in [-0.25, -0.2) is 0 Å². The average molecular weight is 621 g/mol. The van der Waals surface area contributed by atoms with Crippen molar-refractivity contribution in [2.75, 3.05) is 31.7 Å². The molecular weight excluding hydrogens is 560 g/mol. The minimum absolute atomic E-state index is 0. The van der Waals surface area contributed by atoms with Gasteiger partial charge < -0.3 is 20.5 Å². The highest BCUT2D eigenvalue weighted by Crippen LogP contribution is 2.21. The molecule has 0 fully saturated rings. The fourth-order valence-corrected chi connectivity index (χ4v) is 3.42. The van der Waals surface area contributed by atoms with Crippen LogP contribution in [0.5, 0.6) is 0 Å². The lowest BCUT2D eigenvalue weighted by Gasteiger charge is -2.29. The van der Waals surface area contributed by atoms with Crippen LogP contribution in [0.15, 0.2) is 66.5 Å². The minimum atomic E-state index is -1.37. The first-order chi connectivity index (χ1) is 20.2. The zero-order valence-electron chi connectivity index (χ0n) is 26.8. The van der Waals surface area contributed by atoms with E-state index in [0.717, 1.165) is 37.9 Å². The largest absolute Gasteiger partial charge is 0.465 e. The maximum atomic E-state index is 12.3. The zero-order chi connectivity index (χ0) is 31.9.